The van der Waals surface area contributed by atoms with Crippen LogP contribution in [0.25, 0.3) is 5.57 Å². The van der Waals surface area contributed by atoms with Crippen LogP contribution < -0.4 is 41.9 Å². The van der Waals surface area contributed by atoms with Gasteiger partial charge in [0.25, 0.3) is 0 Å². The number of nitrogen functional groups attached to an aromatic ring is 4. The number of hydrogen-bond acceptors (Lipinski definition) is 12. The van der Waals surface area contributed by atoms with Crippen LogP contribution in [0.4, 0.5) is 49.1 Å². The fraction of sp³-hybridized carbons (Fsp3) is 0.146. The highest BCUT2D eigenvalue weighted by atomic mass is 19.4. The summed E-state index contributed by atoms with van der Waals surface area (Å²) in [7, 11) is 0. The van der Waals surface area contributed by atoms with E-state index in [4.69, 9.17) is 41.9 Å². The number of para-hydroxylation sites is 1. The number of anilines is 4. The predicted octanol–water partition coefficient (Wildman–Crippen LogP) is 9.51. The highest BCUT2D eigenvalue weighted by molar-refractivity contribution is 6.03. The third kappa shape index (κ3) is 13.2. The van der Waals surface area contributed by atoms with Crippen LogP contribution in [0, 0.1) is 0 Å². The molecule has 6 aromatic carbocycles. The Bertz CT molecular complexity index is 2720. The lowest BCUT2D eigenvalue weighted by molar-refractivity contribution is -0.274. The zero-order chi connectivity index (χ0) is 47.6. The molecular formula is C48H40F6N4O8. The largest absolute Gasteiger partial charge is 0.573 e. The molecule has 12 nitrogen and oxygen atoms in total. The monoisotopic (exact) mass is 914 g/mol. The van der Waals surface area contributed by atoms with Gasteiger partial charge in [0.2, 0.25) is 0 Å². The number of alkyl halides is 6. The van der Waals surface area contributed by atoms with Gasteiger partial charge in [-0.25, -0.2) is 14.4 Å². The Morgan fingerprint density at radius 3 is 1.62 bits per heavy atom. The number of aryl methyl sites for hydroxylation is 1. The van der Waals surface area contributed by atoms with Crippen LogP contribution in [0.15, 0.2) is 139 Å². The molecule has 0 aliphatic heterocycles. The van der Waals surface area contributed by atoms with Gasteiger partial charge in [0.15, 0.2) is 6.61 Å². The van der Waals surface area contributed by atoms with Crippen molar-refractivity contribution in [2.45, 2.75) is 31.8 Å². The molecule has 0 aliphatic carbocycles. The van der Waals surface area contributed by atoms with Gasteiger partial charge in [0.1, 0.15) is 23.0 Å². The summed E-state index contributed by atoms with van der Waals surface area (Å²) < 4.78 is 102. The zero-order valence-electron chi connectivity index (χ0n) is 34.6. The Labute approximate surface area is 373 Å². The lowest BCUT2D eigenvalue weighted by Gasteiger charge is -2.19. The molecule has 0 saturated heterocycles. The molecule has 0 aliphatic rings. The predicted molar refractivity (Wildman–Crippen MR) is 233 cm³/mol. The third-order valence-electron chi connectivity index (χ3n) is 9.67. The highest BCUT2D eigenvalue weighted by Crippen LogP contribution is 2.38. The molecule has 0 heterocycles. The summed E-state index contributed by atoms with van der Waals surface area (Å²) in [5.74, 6) is -3.26. The van der Waals surface area contributed by atoms with Crippen LogP contribution >= 0.6 is 0 Å². The number of hydrogen-bond donors (Lipinski definition) is 4. The molecule has 0 saturated carbocycles. The third-order valence-corrected chi connectivity index (χ3v) is 9.67. The van der Waals surface area contributed by atoms with Gasteiger partial charge >= 0.3 is 30.4 Å². The molecule has 6 rings (SSSR count). The standard InChI is InChI=1S/C48H40F6N4O8/c49-47(50,51)27-63-35-16-9-32(10-17-35)45(60)65-42-4-2-1-3-38(42)43(30-7-18-36(19-8-30)64-44(59)31-11-20-37(21-12-31)66-48(52,53)54)39(22-13-28-5-14-33(55)25-40(28)57)46(61)62-24-23-29-6-15-34(56)26-41(29)58/h1-12,14-21,25-26H,13,22-24,27,55-58H2/b43-39-. The van der Waals surface area contributed by atoms with Crippen molar-refractivity contribution < 1.29 is 64.4 Å². The maximum absolute atomic E-state index is 14.5. The molecule has 8 N–H and O–H groups in total. The van der Waals surface area contributed by atoms with Crippen molar-refractivity contribution in [1.82, 2.24) is 0 Å². The lowest BCUT2D eigenvalue weighted by Crippen LogP contribution is -2.19. The Hall–Kier alpha value is -8.15. The Balaban J connectivity index is 1.39. The number of ether oxygens (including phenoxy) is 5. The minimum Gasteiger partial charge on any atom is -0.484 e. The first kappa shape index (κ1) is 47.3. The molecule has 18 heteroatoms. The van der Waals surface area contributed by atoms with E-state index in [-0.39, 0.29) is 71.0 Å². The number of esters is 3. The molecule has 342 valence electrons. The maximum atomic E-state index is 14.5. The Kier molecular flexibility index (Phi) is 14.8. The van der Waals surface area contributed by atoms with Crippen LogP contribution in [0.3, 0.4) is 0 Å². The SMILES string of the molecule is Nc1ccc(CCOC(=O)/C(CCc2ccc(N)cc2N)=C(/c2ccc(OC(=O)c3ccc(OC(F)(F)F)cc3)cc2)c2ccccc2OC(=O)c2ccc(OCC(F)(F)F)cc2)c(N)c1. The smallest absolute Gasteiger partial charge is 0.484 e. The summed E-state index contributed by atoms with van der Waals surface area (Å²) in [5.41, 5.74) is 28.0. The van der Waals surface area contributed by atoms with Crippen LogP contribution in [0.5, 0.6) is 23.0 Å². The average Bonchev–Trinajstić information content (AvgIpc) is 3.26. The van der Waals surface area contributed by atoms with E-state index in [0.29, 0.717) is 39.4 Å². The summed E-state index contributed by atoms with van der Waals surface area (Å²) >= 11 is 0. The maximum Gasteiger partial charge on any atom is 0.573 e. The summed E-state index contributed by atoms with van der Waals surface area (Å²) in [6, 6.07) is 31.0. The van der Waals surface area contributed by atoms with E-state index >= 15 is 0 Å². The zero-order valence-corrected chi connectivity index (χ0v) is 34.6. The van der Waals surface area contributed by atoms with Crippen molar-refractivity contribution in [3.63, 3.8) is 0 Å². The van der Waals surface area contributed by atoms with Gasteiger partial charge in [0.05, 0.1) is 17.7 Å². The lowest BCUT2D eigenvalue weighted by atomic mass is 9.89. The fourth-order valence-electron chi connectivity index (χ4n) is 6.53. The summed E-state index contributed by atoms with van der Waals surface area (Å²) in [6.45, 7) is -1.66. The summed E-state index contributed by atoms with van der Waals surface area (Å²) in [4.78, 5) is 41.1. The van der Waals surface area contributed by atoms with Crippen molar-refractivity contribution in [3.8, 4) is 23.0 Å². The quantitative estimate of drug-likeness (QED) is 0.0236. The highest BCUT2D eigenvalue weighted by Gasteiger charge is 2.31. The van der Waals surface area contributed by atoms with Gasteiger partial charge in [-0.3, -0.25) is 0 Å². The van der Waals surface area contributed by atoms with Crippen molar-refractivity contribution >= 4 is 46.2 Å². The fourth-order valence-corrected chi connectivity index (χ4v) is 6.53. The van der Waals surface area contributed by atoms with E-state index in [1.807, 2.05) is 0 Å². The van der Waals surface area contributed by atoms with E-state index in [9.17, 15) is 40.7 Å². The Morgan fingerprint density at radius 1 is 0.545 bits per heavy atom. The van der Waals surface area contributed by atoms with Crippen LogP contribution in [-0.2, 0) is 22.4 Å². The van der Waals surface area contributed by atoms with Gasteiger partial charge < -0.3 is 46.6 Å². The van der Waals surface area contributed by atoms with Crippen LogP contribution in [0.2, 0.25) is 0 Å². The first-order valence-electron chi connectivity index (χ1n) is 19.8. The average molecular weight is 915 g/mol. The number of nitrogens with two attached hydrogens (primary N) is 4. The van der Waals surface area contributed by atoms with Crippen molar-refractivity contribution in [2.24, 2.45) is 0 Å². The molecule has 0 amide bonds. The first-order chi connectivity index (χ1) is 31.3. The molecule has 6 aromatic rings. The van der Waals surface area contributed by atoms with Crippen molar-refractivity contribution in [3.05, 3.63) is 172 Å². The molecule has 0 spiro atoms. The Morgan fingerprint density at radius 2 is 1.06 bits per heavy atom. The van der Waals surface area contributed by atoms with Gasteiger partial charge in [-0.15, -0.1) is 13.2 Å². The number of benzene rings is 6. The van der Waals surface area contributed by atoms with Crippen molar-refractivity contribution in [1.29, 1.82) is 0 Å². The number of carbonyl (C=O) groups is 3. The molecular weight excluding hydrogens is 875 g/mol. The minimum atomic E-state index is -4.93. The topological polar surface area (TPSA) is 201 Å². The minimum absolute atomic E-state index is 0.00124. The molecule has 0 bridgehead atoms. The summed E-state index contributed by atoms with van der Waals surface area (Å²) in [6.07, 6.45) is -9.10. The van der Waals surface area contributed by atoms with E-state index < -0.39 is 42.8 Å². The molecule has 66 heavy (non-hydrogen) atoms. The van der Waals surface area contributed by atoms with E-state index in [1.54, 1.807) is 54.6 Å². The number of carbonyl (C=O) groups excluding carboxylic acids is 3. The number of rotatable bonds is 16. The normalized spacial score (nSPS) is 11.8. The van der Waals surface area contributed by atoms with E-state index in [0.717, 1.165) is 24.3 Å². The van der Waals surface area contributed by atoms with Gasteiger partial charge in [-0.1, -0.05) is 42.5 Å². The first-order valence-corrected chi connectivity index (χ1v) is 19.8. The van der Waals surface area contributed by atoms with Gasteiger partial charge in [0, 0.05) is 45.9 Å². The molecule has 0 radical (unpaired) electrons. The van der Waals surface area contributed by atoms with Crippen molar-refractivity contribution in [2.75, 3.05) is 36.1 Å². The molecule has 0 unspecified atom stereocenters. The van der Waals surface area contributed by atoms with Gasteiger partial charge in [-0.05, 0) is 121 Å². The second kappa shape index (κ2) is 20.6. The summed E-state index contributed by atoms with van der Waals surface area (Å²) in [5, 5.41) is 0. The van der Waals surface area contributed by atoms with E-state index in [1.165, 1.54) is 54.6 Å². The molecule has 0 aromatic heterocycles. The van der Waals surface area contributed by atoms with Crippen LogP contribution in [-0.4, -0.2) is 43.7 Å². The van der Waals surface area contributed by atoms with E-state index in [2.05, 4.69) is 4.74 Å². The van der Waals surface area contributed by atoms with Gasteiger partial charge in [-0.2, -0.15) is 13.2 Å². The van der Waals surface area contributed by atoms with Crippen LogP contribution in [0.1, 0.15) is 49.4 Å². The molecule has 0 fully saturated rings. The molecule has 0 atom stereocenters. The number of halogens is 6. The second-order valence-electron chi connectivity index (χ2n) is 14.5. The second-order valence-corrected chi connectivity index (χ2v) is 14.5.